The molecule has 1 heterocycles. The second-order valence-electron chi connectivity index (χ2n) is 6.58. The number of carbonyl (C=O) groups excluding carboxylic acids is 1. The molecule has 4 nitrogen and oxygen atoms in total. The minimum atomic E-state index is 0.0500. The Bertz CT molecular complexity index is 855. The van der Waals surface area contributed by atoms with E-state index in [1.165, 1.54) is 5.56 Å². The van der Waals surface area contributed by atoms with Crippen molar-refractivity contribution in [2.45, 2.75) is 32.8 Å². The maximum atomic E-state index is 12.3. The minimum Gasteiger partial charge on any atom is -0.374 e. The van der Waals surface area contributed by atoms with Gasteiger partial charge < -0.3 is 15.0 Å². The molecule has 0 bridgehead atoms. The van der Waals surface area contributed by atoms with Gasteiger partial charge in [-0.05, 0) is 37.5 Å². The number of aromatic amines is 1. The lowest BCUT2D eigenvalue weighted by molar-refractivity contribution is -0.120. The number of H-pyrrole nitrogens is 1. The highest BCUT2D eigenvalue weighted by Gasteiger charge is 2.12. The van der Waals surface area contributed by atoms with Gasteiger partial charge in [-0.25, -0.2) is 0 Å². The van der Waals surface area contributed by atoms with Gasteiger partial charge in [0.1, 0.15) is 0 Å². The Hall–Kier alpha value is -2.59. The van der Waals surface area contributed by atoms with E-state index in [1.807, 2.05) is 50.2 Å². The molecule has 2 N–H and O–H groups in total. The molecular weight excluding hydrogens is 324 g/mol. The second-order valence-corrected chi connectivity index (χ2v) is 6.58. The van der Waals surface area contributed by atoms with Crippen LogP contribution in [0, 0.1) is 6.92 Å². The lowest BCUT2D eigenvalue weighted by atomic mass is 10.1. The van der Waals surface area contributed by atoms with Crippen LogP contribution in [0.4, 0.5) is 0 Å². The van der Waals surface area contributed by atoms with Crippen molar-refractivity contribution in [3.63, 3.8) is 0 Å². The molecule has 1 amide bonds. The molecule has 1 atom stereocenters. The zero-order valence-electron chi connectivity index (χ0n) is 15.4. The van der Waals surface area contributed by atoms with E-state index >= 15 is 0 Å². The molecule has 3 rings (SSSR count). The molecule has 0 aliphatic heterocycles. The zero-order chi connectivity index (χ0) is 18.4. The van der Waals surface area contributed by atoms with Crippen molar-refractivity contribution in [3.05, 3.63) is 71.4 Å². The summed E-state index contributed by atoms with van der Waals surface area (Å²) < 4.78 is 5.84. The average Bonchev–Trinajstić information content (AvgIpc) is 2.97. The van der Waals surface area contributed by atoms with Crippen molar-refractivity contribution in [2.24, 2.45) is 0 Å². The number of aromatic nitrogens is 1. The SMILES string of the molecule is Cc1[nH]c2ccccc2c1CC(=O)NCCCOC(C)c1ccccc1. The number of amides is 1. The summed E-state index contributed by atoms with van der Waals surface area (Å²) in [5.74, 6) is 0.0500. The first-order valence-electron chi connectivity index (χ1n) is 9.14. The third-order valence-electron chi connectivity index (χ3n) is 4.64. The smallest absolute Gasteiger partial charge is 0.224 e. The monoisotopic (exact) mass is 350 g/mol. The number of ether oxygens (including phenoxy) is 1. The maximum absolute atomic E-state index is 12.3. The molecule has 136 valence electrons. The summed E-state index contributed by atoms with van der Waals surface area (Å²) in [7, 11) is 0. The number of benzene rings is 2. The first kappa shape index (κ1) is 18.2. The number of carbonyl (C=O) groups is 1. The molecule has 1 unspecified atom stereocenters. The topological polar surface area (TPSA) is 54.1 Å². The molecule has 0 aliphatic carbocycles. The van der Waals surface area contributed by atoms with E-state index in [9.17, 15) is 4.79 Å². The summed E-state index contributed by atoms with van der Waals surface area (Å²) in [4.78, 5) is 15.6. The van der Waals surface area contributed by atoms with Gasteiger partial charge in [-0.3, -0.25) is 4.79 Å². The molecule has 0 saturated carbocycles. The Kier molecular flexibility index (Phi) is 6.08. The minimum absolute atomic E-state index is 0.0500. The van der Waals surface area contributed by atoms with Gasteiger partial charge in [0.2, 0.25) is 5.91 Å². The molecule has 0 radical (unpaired) electrons. The fourth-order valence-corrected chi connectivity index (χ4v) is 3.17. The van der Waals surface area contributed by atoms with E-state index in [0.29, 0.717) is 19.6 Å². The molecule has 3 aromatic rings. The Balaban J connectivity index is 1.41. The fraction of sp³-hybridized carbons (Fsp3) is 0.318. The van der Waals surface area contributed by atoms with Gasteiger partial charge in [0.25, 0.3) is 0 Å². The molecule has 4 heteroatoms. The van der Waals surface area contributed by atoms with Gasteiger partial charge >= 0.3 is 0 Å². The number of rotatable bonds is 8. The van der Waals surface area contributed by atoms with Gasteiger partial charge in [0.05, 0.1) is 12.5 Å². The molecule has 0 fully saturated rings. The lowest BCUT2D eigenvalue weighted by Crippen LogP contribution is -2.27. The third-order valence-corrected chi connectivity index (χ3v) is 4.64. The molecule has 2 aromatic carbocycles. The number of hydrogen-bond donors (Lipinski definition) is 2. The van der Waals surface area contributed by atoms with E-state index in [4.69, 9.17) is 4.74 Å². The van der Waals surface area contributed by atoms with Crippen molar-refractivity contribution < 1.29 is 9.53 Å². The second kappa shape index (κ2) is 8.68. The number of para-hydroxylation sites is 1. The number of hydrogen-bond acceptors (Lipinski definition) is 2. The van der Waals surface area contributed by atoms with E-state index < -0.39 is 0 Å². The molecule has 1 aromatic heterocycles. The maximum Gasteiger partial charge on any atom is 0.224 e. The molecule has 0 saturated heterocycles. The number of aryl methyl sites for hydroxylation is 1. The number of fused-ring (bicyclic) bond motifs is 1. The summed E-state index contributed by atoms with van der Waals surface area (Å²) in [6.45, 7) is 5.32. The van der Waals surface area contributed by atoms with Gasteiger partial charge in [0, 0.05) is 29.7 Å². The first-order valence-corrected chi connectivity index (χ1v) is 9.14. The zero-order valence-corrected chi connectivity index (χ0v) is 15.4. The van der Waals surface area contributed by atoms with E-state index in [1.54, 1.807) is 0 Å². The van der Waals surface area contributed by atoms with Crippen molar-refractivity contribution in [1.29, 1.82) is 0 Å². The summed E-state index contributed by atoms with van der Waals surface area (Å²) in [6.07, 6.45) is 1.27. The summed E-state index contributed by atoms with van der Waals surface area (Å²) in [5.41, 5.74) is 4.39. The predicted molar refractivity (Wildman–Crippen MR) is 105 cm³/mol. The molecule has 26 heavy (non-hydrogen) atoms. The largest absolute Gasteiger partial charge is 0.374 e. The summed E-state index contributed by atoms with van der Waals surface area (Å²) in [5, 5.41) is 4.12. The highest BCUT2D eigenvalue weighted by molar-refractivity contribution is 5.90. The van der Waals surface area contributed by atoms with Crippen LogP contribution in [0.2, 0.25) is 0 Å². The normalized spacial score (nSPS) is 12.2. The van der Waals surface area contributed by atoms with Crippen LogP contribution in [0.5, 0.6) is 0 Å². The van der Waals surface area contributed by atoms with Crippen molar-refractivity contribution >= 4 is 16.8 Å². The summed E-state index contributed by atoms with van der Waals surface area (Å²) >= 11 is 0. The van der Waals surface area contributed by atoms with Crippen LogP contribution in [0.1, 0.15) is 36.3 Å². The van der Waals surface area contributed by atoms with E-state index in [2.05, 4.69) is 28.5 Å². The van der Waals surface area contributed by atoms with Crippen LogP contribution in [-0.2, 0) is 16.0 Å². The van der Waals surface area contributed by atoms with Crippen LogP contribution in [0.25, 0.3) is 10.9 Å². The van der Waals surface area contributed by atoms with Crippen molar-refractivity contribution in [1.82, 2.24) is 10.3 Å². The highest BCUT2D eigenvalue weighted by atomic mass is 16.5. The molecular formula is C22H26N2O2. The van der Waals surface area contributed by atoms with E-state index in [0.717, 1.165) is 28.6 Å². The van der Waals surface area contributed by atoms with Crippen molar-refractivity contribution in [2.75, 3.05) is 13.2 Å². The van der Waals surface area contributed by atoms with Crippen LogP contribution in [0.15, 0.2) is 54.6 Å². The van der Waals surface area contributed by atoms with Gasteiger partial charge in [0.15, 0.2) is 0 Å². The van der Waals surface area contributed by atoms with Gasteiger partial charge in [-0.2, -0.15) is 0 Å². The van der Waals surface area contributed by atoms with Crippen LogP contribution in [-0.4, -0.2) is 24.0 Å². The Morgan fingerprint density at radius 3 is 2.65 bits per heavy atom. The van der Waals surface area contributed by atoms with Crippen LogP contribution in [0.3, 0.4) is 0 Å². The standard InChI is InChI=1S/C22H26N2O2/c1-16-20(19-11-6-7-12-21(19)24-16)15-22(25)23-13-8-14-26-17(2)18-9-4-3-5-10-18/h3-7,9-12,17,24H,8,13-15H2,1-2H3,(H,23,25). The molecule has 0 aliphatic rings. The van der Waals surface area contributed by atoms with Crippen LogP contribution < -0.4 is 5.32 Å². The van der Waals surface area contributed by atoms with Crippen molar-refractivity contribution in [3.8, 4) is 0 Å². The van der Waals surface area contributed by atoms with Gasteiger partial charge in [-0.1, -0.05) is 48.5 Å². The predicted octanol–water partition coefficient (Wildman–Crippen LogP) is 4.30. The lowest BCUT2D eigenvalue weighted by Gasteiger charge is -2.13. The highest BCUT2D eigenvalue weighted by Crippen LogP contribution is 2.22. The molecule has 0 spiro atoms. The fourth-order valence-electron chi connectivity index (χ4n) is 3.17. The Morgan fingerprint density at radius 1 is 1.12 bits per heavy atom. The van der Waals surface area contributed by atoms with Crippen LogP contribution >= 0.6 is 0 Å². The van der Waals surface area contributed by atoms with E-state index in [-0.39, 0.29) is 12.0 Å². The first-order chi connectivity index (χ1) is 12.6. The Morgan fingerprint density at radius 2 is 1.85 bits per heavy atom. The average molecular weight is 350 g/mol. The Labute approximate surface area is 154 Å². The van der Waals surface area contributed by atoms with Gasteiger partial charge in [-0.15, -0.1) is 0 Å². The summed E-state index contributed by atoms with van der Waals surface area (Å²) in [6, 6.07) is 18.3. The third kappa shape index (κ3) is 4.52. The number of nitrogens with one attached hydrogen (secondary N) is 2. The quantitative estimate of drug-likeness (QED) is 0.595.